The summed E-state index contributed by atoms with van der Waals surface area (Å²) in [7, 11) is 0. The number of rotatable bonds is 4. The van der Waals surface area contributed by atoms with Crippen LogP contribution in [0.25, 0.3) is 11.4 Å². The van der Waals surface area contributed by atoms with Gasteiger partial charge in [0.25, 0.3) is 0 Å². The van der Waals surface area contributed by atoms with E-state index in [9.17, 15) is 4.79 Å². The number of imidazole rings is 1. The molecule has 0 bridgehead atoms. The van der Waals surface area contributed by atoms with Gasteiger partial charge in [-0.15, -0.1) is 0 Å². The van der Waals surface area contributed by atoms with E-state index >= 15 is 0 Å². The molecule has 2 aromatic rings. The molecule has 2 rings (SSSR count). The highest BCUT2D eigenvalue weighted by Crippen LogP contribution is 2.17. The number of H-pyrrole nitrogens is 1. The molecule has 0 spiro atoms. The van der Waals surface area contributed by atoms with E-state index in [-0.39, 0.29) is 5.91 Å². The molecule has 0 radical (unpaired) electrons. The normalized spacial score (nSPS) is 10.2. The van der Waals surface area contributed by atoms with Crippen LogP contribution in [0.2, 0.25) is 0 Å². The van der Waals surface area contributed by atoms with Crippen LogP contribution < -0.4 is 5.32 Å². The molecule has 0 aliphatic heterocycles. The van der Waals surface area contributed by atoms with Gasteiger partial charge in [-0.3, -0.25) is 4.79 Å². The highest BCUT2D eigenvalue weighted by atomic mass is 16.1. The summed E-state index contributed by atoms with van der Waals surface area (Å²) in [6.45, 7) is 7.63. The van der Waals surface area contributed by atoms with Crippen molar-refractivity contribution in [3.63, 3.8) is 0 Å². The predicted octanol–water partition coefficient (Wildman–Crippen LogP) is 2.58. The Morgan fingerprint density at radius 1 is 1.37 bits per heavy atom. The van der Waals surface area contributed by atoms with Crippen molar-refractivity contribution < 1.29 is 4.79 Å². The minimum absolute atomic E-state index is 0.149. The molecule has 1 heterocycles. The maximum atomic E-state index is 11.5. The first kappa shape index (κ1) is 13.1. The van der Waals surface area contributed by atoms with E-state index in [1.807, 2.05) is 37.3 Å². The van der Waals surface area contributed by atoms with Crippen molar-refractivity contribution in [2.45, 2.75) is 20.4 Å². The monoisotopic (exact) mass is 255 g/mol. The third kappa shape index (κ3) is 3.10. The first-order valence-corrected chi connectivity index (χ1v) is 6.12. The molecule has 1 amide bonds. The Balaban J connectivity index is 2.14. The van der Waals surface area contributed by atoms with E-state index in [0.717, 1.165) is 22.8 Å². The van der Waals surface area contributed by atoms with Crippen LogP contribution >= 0.6 is 0 Å². The quantitative estimate of drug-likeness (QED) is 0.825. The van der Waals surface area contributed by atoms with Crippen LogP contribution in [0.15, 0.2) is 42.5 Å². The maximum Gasteiger partial charge on any atom is 0.246 e. The Hall–Kier alpha value is -2.36. The van der Waals surface area contributed by atoms with Gasteiger partial charge < -0.3 is 10.3 Å². The third-order valence-corrected chi connectivity index (χ3v) is 2.84. The Morgan fingerprint density at radius 2 is 2.05 bits per heavy atom. The molecule has 2 N–H and O–H groups in total. The fraction of sp³-hybridized carbons (Fsp3) is 0.200. The number of nitrogens with zero attached hydrogens (tertiary/aromatic N) is 1. The fourth-order valence-corrected chi connectivity index (χ4v) is 1.72. The molecule has 4 heteroatoms. The molecule has 4 nitrogen and oxygen atoms in total. The lowest BCUT2D eigenvalue weighted by Gasteiger charge is -2.02. The van der Waals surface area contributed by atoms with Crippen LogP contribution in [0.3, 0.4) is 0 Å². The van der Waals surface area contributed by atoms with E-state index in [1.54, 1.807) is 6.92 Å². The summed E-state index contributed by atoms with van der Waals surface area (Å²) in [5.41, 5.74) is 3.33. The zero-order chi connectivity index (χ0) is 13.8. The van der Waals surface area contributed by atoms with Crippen LogP contribution in [0.5, 0.6) is 0 Å². The lowest BCUT2D eigenvalue weighted by Crippen LogP contribution is -2.23. The number of benzene rings is 1. The molecule has 0 aliphatic rings. The second-order valence-corrected chi connectivity index (χ2v) is 4.49. The minimum atomic E-state index is -0.149. The summed E-state index contributed by atoms with van der Waals surface area (Å²) in [6.07, 6.45) is 0. The predicted molar refractivity (Wildman–Crippen MR) is 75.4 cm³/mol. The molecular formula is C15H17N3O. The van der Waals surface area contributed by atoms with Crippen LogP contribution in [0.4, 0.5) is 0 Å². The summed E-state index contributed by atoms with van der Waals surface area (Å²) in [5, 5.41) is 2.78. The summed E-state index contributed by atoms with van der Waals surface area (Å²) < 4.78 is 0. The number of hydrogen-bond acceptors (Lipinski definition) is 2. The van der Waals surface area contributed by atoms with Gasteiger partial charge in [-0.1, -0.05) is 36.9 Å². The van der Waals surface area contributed by atoms with Crippen LogP contribution in [0, 0.1) is 6.92 Å². The Morgan fingerprint density at radius 3 is 2.68 bits per heavy atom. The summed E-state index contributed by atoms with van der Waals surface area (Å²) in [5.74, 6) is 0.668. The van der Waals surface area contributed by atoms with Gasteiger partial charge in [-0.2, -0.15) is 0 Å². The van der Waals surface area contributed by atoms with E-state index in [4.69, 9.17) is 0 Å². The molecule has 0 aliphatic carbocycles. The average Bonchev–Trinajstić information content (AvgIpc) is 2.78. The van der Waals surface area contributed by atoms with Gasteiger partial charge in [0.1, 0.15) is 5.82 Å². The zero-order valence-corrected chi connectivity index (χ0v) is 11.2. The van der Waals surface area contributed by atoms with Crippen molar-refractivity contribution in [2.75, 3.05) is 0 Å². The van der Waals surface area contributed by atoms with Crippen molar-refractivity contribution in [1.82, 2.24) is 15.3 Å². The van der Waals surface area contributed by atoms with Gasteiger partial charge in [-0.25, -0.2) is 4.98 Å². The van der Waals surface area contributed by atoms with Crippen LogP contribution in [-0.2, 0) is 11.3 Å². The van der Waals surface area contributed by atoms with Gasteiger partial charge in [0, 0.05) is 16.8 Å². The van der Waals surface area contributed by atoms with E-state index in [0.29, 0.717) is 12.1 Å². The summed E-state index contributed by atoms with van der Waals surface area (Å²) in [4.78, 5) is 19.2. The van der Waals surface area contributed by atoms with Crippen molar-refractivity contribution in [3.05, 3.63) is 53.9 Å². The number of aryl methyl sites for hydroxylation is 1. The SMILES string of the molecule is C=C(C)C(=O)NCc1nc(-c2ccccc2)[nH]c1C. The molecule has 1 aromatic carbocycles. The van der Waals surface area contributed by atoms with E-state index < -0.39 is 0 Å². The summed E-state index contributed by atoms with van der Waals surface area (Å²) >= 11 is 0. The minimum Gasteiger partial charge on any atom is -0.347 e. The number of carbonyl (C=O) groups excluding carboxylic acids is 1. The maximum absolute atomic E-state index is 11.5. The molecule has 19 heavy (non-hydrogen) atoms. The number of carbonyl (C=O) groups is 1. The zero-order valence-electron chi connectivity index (χ0n) is 11.2. The molecule has 0 saturated carbocycles. The lowest BCUT2D eigenvalue weighted by molar-refractivity contribution is -0.117. The van der Waals surface area contributed by atoms with Crippen LogP contribution in [-0.4, -0.2) is 15.9 Å². The van der Waals surface area contributed by atoms with E-state index in [1.165, 1.54) is 0 Å². The number of nitrogens with one attached hydrogen (secondary N) is 2. The summed E-state index contributed by atoms with van der Waals surface area (Å²) in [6, 6.07) is 9.89. The molecule has 0 unspecified atom stereocenters. The van der Waals surface area contributed by atoms with Gasteiger partial charge in [0.05, 0.1) is 12.2 Å². The molecule has 0 fully saturated rings. The van der Waals surface area contributed by atoms with Gasteiger partial charge in [0.2, 0.25) is 5.91 Å². The van der Waals surface area contributed by atoms with Crippen molar-refractivity contribution in [2.24, 2.45) is 0 Å². The average molecular weight is 255 g/mol. The smallest absolute Gasteiger partial charge is 0.246 e. The van der Waals surface area contributed by atoms with Crippen molar-refractivity contribution in [1.29, 1.82) is 0 Å². The Bertz CT molecular complexity index is 599. The molecule has 1 aromatic heterocycles. The van der Waals surface area contributed by atoms with Gasteiger partial charge in [0.15, 0.2) is 0 Å². The van der Waals surface area contributed by atoms with Crippen molar-refractivity contribution >= 4 is 5.91 Å². The highest BCUT2D eigenvalue weighted by molar-refractivity contribution is 5.91. The molecule has 0 saturated heterocycles. The molecule has 98 valence electrons. The largest absolute Gasteiger partial charge is 0.347 e. The van der Waals surface area contributed by atoms with Crippen LogP contribution in [0.1, 0.15) is 18.3 Å². The first-order valence-electron chi connectivity index (χ1n) is 6.12. The first-order chi connectivity index (χ1) is 9.08. The standard InChI is InChI=1S/C15H17N3O/c1-10(2)15(19)16-9-13-11(3)17-14(18-13)12-7-5-4-6-8-12/h4-8H,1,9H2,2-3H3,(H,16,19)(H,17,18). The lowest BCUT2D eigenvalue weighted by atomic mass is 10.2. The number of aromatic nitrogens is 2. The third-order valence-electron chi connectivity index (χ3n) is 2.84. The van der Waals surface area contributed by atoms with Gasteiger partial charge >= 0.3 is 0 Å². The Kier molecular flexibility index (Phi) is 3.80. The number of amides is 1. The van der Waals surface area contributed by atoms with Gasteiger partial charge in [-0.05, 0) is 13.8 Å². The second-order valence-electron chi connectivity index (χ2n) is 4.49. The topological polar surface area (TPSA) is 57.8 Å². The molecule has 0 atom stereocenters. The number of aromatic amines is 1. The van der Waals surface area contributed by atoms with E-state index in [2.05, 4.69) is 21.9 Å². The molecular weight excluding hydrogens is 238 g/mol. The Labute approximate surface area is 112 Å². The highest BCUT2D eigenvalue weighted by Gasteiger charge is 2.09. The number of hydrogen-bond donors (Lipinski definition) is 2. The fourth-order valence-electron chi connectivity index (χ4n) is 1.72. The second kappa shape index (κ2) is 5.52. The van der Waals surface area contributed by atoms with Crippen molar-refractivity contribution in [3.8, 4) is 11.4 Å².